The minimum atomic E-state index is -4.35. The maximum absolute atomic E-state index is 12.7. The van der Waals surface area contributed by atoms with E-state index in [2.05, 4.69) is 50.3 Å². The second-order valence-corrected chi connectivity index (χ2v) is 16.4. The summed E-state index contributed by atoms with van der Waals surface area (Å²) in [5.74, 6) is -0.499. The molecule has 0 aromatic rings. The number of aliphatic hydroxyl groups excluding tert-OH is 1. The molecule has 2 N–H and O–H groups in total. The van der Waals surface area contributed by atoms with Crippen molar-refractivity contribution in [1.82, 2.24) is 0 Å². The number of hydrogen-bond acceptors (Lipinski definition) is 7. The zero-order chi connectivity index (χ0) is 40.0. The van der Waals surface area contributed by atoms with Gasteiger partial charge >= 0.3 is 13.8 Å². The predicted molar refractivity (Wildman–Crippen MR) is 225 cm³/mol. The summed E-state index contributed by atoms with van der Waals surface area (Å²) in [6, 6.07) is 0. The van der Waals surface area contributed by atoms with E-state index in [0.717, 1.165) is 38.5 Å². The summed E-state index contributed by atoms with van der Waals surface area (Å²) in [5.41, 5.74) is 0. The van der Waals surface area contributed by atoms with Crippen molar-refractivity contribution in [2.24, 2.45) is 0 Å². The van der Waals surface area contributed by atoms with Gasteiger partial charge in [-0.2, -0.15) is 0 Å². The first-order valence-electron chi connectivity index (χ1n) is 20.8. The van der Waals surface area contributed by atoms with Gasteiger partial charge in [-0.1, -0.05) is 145 Å². The van der Waals surface area contributed by atoms with E-state index in [1.54, 1.807) is 12.3 Å². The third kappa shape index (κ3) is 39.4. The lowest BCUT2D eigenvalue weighted by Gasteiger charge is -2.24. The molecule has 0 heterocycles. The fraction of sp³-hybridized carbons (Fsp3) is 0.705. The van der Waals surface area contributed by atoms with Gasteiger partial charge in [-0.25, -0.2) is 4.57 Å². The van der Waals surface area contributed by atoms with E-state index < -0.39 is 26.0 Å². The Labute approximate surface area is 330 Å². The molecule has 0 aliphatic carbocycles. The van der Waals surface area contributed by atoms with Crippen molar-refractivity contribution in [2.75, 3.05) is 47.5 Å². The molecule has 0 aromatic carbocycles. The number of rotatable bonds is 37. The minimum Gasteiger partial charge on any atom is -0.498 e. The summed E-state index contributed by atoms with van der Waals surface area (Å²) in [6.45, 7) is 4.56. The van der Waals surface area contributed by atoms with Gasteiger partial charge < -0.3 is 24.0 Å². The summed E-state index contributed by atoms with van der Waals surface area (Å²) >= 11 is 0. The Kier molecular flexibility index (Phi) is 34.9. The number of allylic oxidation sites excluding steroid dienone is 10. The average Bonchev–Trinajstić information content (AvgIpc) is 3.11. The van der Waals surface area contributed by atoms with Crippen LogP contribution in [-0.4, -0.2) is 80.2 Å². The molecule has 0 radical (unpaired) electrons. The first kappa shape index (κ1) is 51.7. The molecule has 10 heteroatoms. The van der Waals surface area contributed by atoms with Crippen LogP contribution in [0.4, 0.5) is 0 Å². The van der Waals surface area contributed by atoms with Crippen LogP contribution in [0.1, 0.15) is 142 Å². The number of phosphoric acid groups is 1. The quantitative estimate of drug-likeness (QED) is 0.0122. The number of unbranched alkanes of at least 4 members (excludes halogenated alkanes) is 12. The van der Waals surface area contributed by atoms with Crippen LogP contribution in [0.15, 0.2) is 73.1 Å². The summed E-state index contributed by atoms with van der Waals surface area (Å²) in [6.07, 6.45) is 43.4. The lowest BCUT2D eigenvalue weighted by atomic mass is 10.0. The Morgan fingerprint density at radius 2 is 1.28 bits per heavy atom. The molecule has 0 amide bonds. The van der Waals surface area contributed by atoms with Gasteiger partial charge in [0, 0.05) is 6.42 Å². The topological polar surface area (TPSA) is 112 Å². The van der Waals surface area contributed by atoms with Gasteiger partial charge in [0.2, 0.25) is 0 Å². The molecule has 0 aromatic heterocycles. The number of nitrogens with zero attached hydrogens (tertiary/aromatic N) is 1. The molecular weight excluding hydrogens is 701 g/mol. The molecule has 3 atom stereocenters. The van der Waals surface area contributed by atoms with Gasteiger partial charge in [-0.15, -0.1) is 0 Å². The van der Waals surface area contributed by atoms with Crippen molar-refractivity contribution in [3.8, 4) is 0 Å². The molecule has 2 unspecified atom stereocenters. The normalized spacial score (nSPS) is 15.1. The van der Waals surface area contributed by atoms with Crippen LogP contribution in [0.2, 0.25) is 0 Å². The summed E-state index contributed by atoms with van der Waals surface area (Å²) in [5, 5.41) is 10.3. The lowest BCUT2D eigenvalue weighted by Crippen LogP contribution is -2.37. The van der Waals surface area contributed by atoms with Gasteiger partial charge in [-0.05, 0) is 57.4 Å². The number of esters is 1. The van der Waals surface area contributed by atoms with E-state index in [1.807, 2.05) is 45.4 Å². The van der Waals surface area contributed by atoms with Gasteiger partial charge in [-0.3, -0.25) is 13.8 Å². The van der Waals surface area contributed by atoms with Crippen LogP contribution in [0.5, 0.6) is 0 Å². The standard InChI is InChI=1S/C44H78NO8P/c1-6-8-10-12-14-16-18-20-22-24-26-28-30-32-38-50-40-43(41-52-54(48,49)51-39-37-45(3,4)5)53-44(47)36-33-35-42(46)34-31-29-27-25-23-21-19-17-15-13-11-9-7-2/h9,11,15,17,21,23,27,29,31-32,34,38,42-43,46H,6-8,10,12-14,16,18-20,22,24-26,28,30,33,35-37,39-41H2,1-5H3/p+1/b11-9-,17-15-,23-21-,29-27-,34-31+,38-32+/t42?,43-/m1/s1. The number of carbonyl (C=O) groups excluding carboxylic acids is 1. The van der Waals surface area contributed by atoms with E-state index in [9.17, 15) is 19.4 Å². The Balaban J connectivity index is 4.55. The number of phosphoric ester groups is 1. The summed E-state index contributed by atoms with van der Waals surface area (Å²) in [4.78, 5) is 22.8. The van der Waals surface area contributed by atoms with Crippen LogP contribution in [0.25, 0.3) is 0 Å². The van der Waals surface area contributed by atoms with Crippen molar-refractivity contribution in [1.29, 1.82) is 0 Å². The number of carbonyl (C=O) groups is 1. The summed E-state index contributed by atoms with van der Waals surface area (Å²) < 4.78 is 34.5. The second kappa shape index (κ2) is 36.4. The molecule has 0 rings (SSSR count). The van der Waals surface area contributed by atoms with Crippen molar-refractivity contribution < 1.29 is 42.4 Å². The van der Waals surface area contributed by atoms with Crippen molar-refractivity contribution in [3.05, 3.63) is 73.1 Å². The fourth-order valence-corrected chi connectivity index (χ4v) is 5.93. The number of quaternary nitrogens is 1. The van der Waals surface area contributed by atoms with Crippen LogP contribution in [0, 0.1) is 0 Å². The molecule has 0 bridgehead atoms. The summed E-state index contributed by atoms with van der Waals surface area (Å²) in [7, 11) is 1.51. The number of ether oxygens (including phenoxy) is 2. The Bertz CT molecular complexity index is 1110. The lowest BCUT2D eigenvalue weighted by molar-refractivity contribution is -0.870. The second-order valence-electron chi connectivity index (χ2n) is 14.9. The molecule has 0 spiro atoms. The van der Waals surface area contributed by atoms with Crippen molar-refractivity contribution >= 4 is 13.8 Å². The fourth-order valence-electron chi connectivity index (χ4n) is 5.19. The molecule has 54 heavy (non-hydrogen) atoms. The number of likely N-dealkylation sites (N-methyl/N-ethyl adjacent to an activating group) is 1. The minimum absolute atomic E-state index is 0.0280. The molecule has 9 nitrogen and oxygen atoms in total. The van der Waals surface area contributed by atoms with Gasteiger partial charge in [0.05, 0.1) is 40.1 Å². The van der Waals surface area contributed by atoms with Crippen LogP contribution in [0.3, 0.4) is 0 Å². The number of hydrogen-bond donors (Lipinski definition) is 2. The highest BCUT2D eigenvalue weighted by Crippen LogP contribution is 2.43. The Hall–Kier alpha value is -2.26. The average molecular weight is 781 g/mol. The predicted octanol–water partition coefficient (Wildman–Crippen LogP) is 11.3. The zero-order valence-corrected chi connectivity index (χ0v) is 35.7. The maximum Gasteiger partial charge on any atom is 0.472 e. The highest BCUT2D eigenvalue weighted by Gasteiger charge is 2.26. The smallest absolute Gasteiger partial charge is 0.472 e. The maximum atomic E-state index is 12.7. The molecule has 0 aliphatic heterocycles. The van der Waals surface area contributed by atoms with E-state index in [4.69, 9.17) is 18.5 Å². The Morgan fingerprint density at radius 1 is 0.704 bits per heavy atom. The highest BCUT2D eigenvalue weighted by molar-refractivity contribution is 7.47. The van der Waals surface area contributed by atoms with E-state index in [0.29, 0.717) is 23.9 Å². The number of aliphatic hydroxyl groups is 1. The van der Waals surface area contributed by atoms with Crippen molar-refractivity contribution in [2.45, 2.75) is 154 Å². The highest BCUT2D eigenvalue weighted by atomic mass is 31.2. The molecule has 0 saturated carbocycles. The molecule has 0 aliphatic rings. The van der Waals surface area contributed by atoms with E-state index >= 15 is 0 Å². The molecule has 0 fully saturated rings. The molecule has 312 valence electrons. The monoisotopic (exact) mass is 781 g/mol. The third-order valence-electron chi connectivity index (χ3n) is 8.45. The third-order valence-corrected chi connectivity index (χ3v) is 9.43. The van der Waals surface area contributed by atoms with Crippen molar-refractivity contribution in [3.63, 3.8) is 0 Å². The van der Waals surface area contributed by atoms with Gasteiger partial charge in [0.15, 0.2) is 6.10 Å². The molecule has 0 saturated heterocycles. The van der Waals surface area contributed by atoms with E-state index in [1.165, 1.54) is 70.6 Å². The van der Waals surface area contributed by atoms with Crippen LogP contribution < -0.4 is 0 Å². The van der Waals surface area contributed by atoms with Gasteiger partial charge in [0.25, 0.3) is 0 Å². The van der Waals surface area contributed by atoms with Crippen LogP contribution >= 0.6 is 7.82 Å². The van der Waals surface area contributed by atoms with Gasteiger partial charge in [0.1, 0.15) is 19.8 Å². The first-order valence-corrected chi connectivity index (χ1v) is 22.3. The zero-order valence-electron chi connectivity index (χ0n) is 34.8. The largest absolute Gasteiger partial charge is 0.498 e. The Morgan fingerprint density at radius 3 is 1.87 bits per heavy atom. The SMILES string of the molecule is CC/C=C\C/C=C\C/C=C\C/C=C\C=C\C(O)CCCC(=O)O[C@H](CO/C=C/CCCCCCCCCCCCCC)COP(=O)(O)OCC[N+](C)(C)C. The van der Waals surface area contributed by atoms with Crippen LogP contribution in [-0.2, 0) is 27.9 Å². The first-order chi connectivity index (χ1) is 26.0. The molecular formula is C44H79NO8P+. The van der Waals surface area contributed by atoms with E-state index in [-0.39, 0.29) is 26.2 Å².